The van der Waals surface area contributed by atoms with Crippen LogP contribution in [0.25, 0.3) is 0 Å². The quantitative estimate of drug-likeness (QED) is 0.925. The third-order valence-electron chi connectivity index (χ3n) is 2.80. The molecule has 1 unspecified atom stereocenters. The molecule has 0 saturated carbocycles. The molecular weight excluding hydrogens is 282 g/mol. The molecule has 0 aliphatic rings. The van der Waals surface area contributed by atoms with Crippen LogP contribution in [0.3, 0.4) is 0 Å². The van der Waals surface area contributed by atoms with Crippen LogP contribution in [0.5, 0.6) is 0 Å². The van der Waals surface area contributed by atoms with Crippen LogP contribution in [0, 0.1) is 13.8 Å². The van der Waals surface area contributed by atoms with Crippen LogP contribution in [0.1, 0.15) is 28.5 Å². The maximum absolute atomic E-state index is 10.3. The molecule has 1 heterocycles. The maximum Gasteiger partial charge on any atom is 0.122 e. The summed E-state index contributed by atoms with van der Waals surface area (Å²) in [4.78, 5) is 0. The van der Waals surface area contributed by atoms with Crippen molar-refractivity contribution in [2.75, 3.05) is 0 Å². The number of hydrogen-bond acceptors (Lipinski definition) is 3. The lowest BCUT2D eigenvalue weighted by Crippen LogP contribution is -2.07. The Morgan fingerprint density at radius 2 is 1.88 bits per heavy atom. The zero-order valence-electron chi connectivity index (χ0n) is 9.98. The van der Waals surface area contributed by atoms with Crippen LogP contribution in [-0.4, -0.2) is 20.1 Å². The van der Waals surface area contributed by atoms with Gasteiger partial charge >= 0.3 is 0 Å². The summed E-state index contributed by atoms with van der Waals surface area (Å²) >= 11 is 3.51. The van der Waals surface area contributed by atoms with Gasteiger partial charge in [0.25, 0.3) is 0 Å². The molecule has 0 fully saturated rings. The first kappa shape index (κ1) is 12.3. The van der Waals surface area contributed by atoms with Crippen molar-refractivity contribution in [2.45, 2.75) is 20.0 Å². The van der Waals surface area contributed by atoms with Crippen molar-refractivity contribution < 1.29 is 5.11 Å². The third-order valence-corrected chi connectivity index (χ3v) is 4.05. The number of hydrogen-bond donors (Lipinski definition) is 1. The van der Waals surface area contributed by atoms with Gasteiger partial charge in [-0.05, 0) is 30.5 Å². The lowest BCUT2D eigenvalue weighted by molar-refractivity contribution is 0.209. The Kier molecular flexibility index (Phi) is 3.31. The van der Waals surface area contributed by atoms with Gasteiger partial charge in [-0.3, -0.25) is 0 Å². The normalized spacial score (nSPS) is 12.8. The highest BCUT2D eigenvalue weighted by molar-refractivity contribution is 9.10. The first-order valence-corrected chi connectivity index (χ1v) is 6.09. The molecule has 0 saturated heterocycles. The van der Waals surface area contributed by atoms with E-state index in [0.29, 0.717) is 5.69 Å². The van der Waals surface area contributed by atoms with E-state index in [4.69, 9.17) is 0 Å². The average molecular weight is 296 g/mol. The van der Waals surface area contributed by atoms with E-state index in [1.807, 2.05) is 26.0 Å². The van der Waals surface area contributed by atoms with Gasteiger partial charge in [-0.2, -0.15) is 0 Å². The summed E-state index contributed by atoms with van der Waals surface area (Å²) in [5.74, 6) is 0. The monoisotopic (exact) mass is 295 g/mol. The smallest absolute Gasteiger partial charge is 0.122 e. The van der Waals surface area contributed by atoms with E-state index in [-0.39, 0.29) is 0 Å². The van der Waals surface area contributed by atoms with E-state index in [9.17, 15) is 5.11 Å². The SMILES string of the molecule is Cc1cc(C(O)c2cnnn2C)cc(C)c1Br. The largest absolute Gasteiger partial charge is 0.382 e. The molecule has 2 aromatic rings. The van der Waals surface area contributed by atoms with E-state index < -0.39 is 6.10 Å². The maximum atomic E-state index is 10.3. The van der Waals surface area contributed by atoms with Gasteiger partial charge in [-0.15, -0.1) is 5.10 Å². The zero-order valence-corrected chi connectivity index (χ0v) is 11.6. The number of nitrogens with zero attached hydrogens (tertiary/aromatic N) is 3. The van der Waals surface area contributed by atoms with Crippen LogP contribution in [0.15, 0.2) is 22.8 Å². The fourth-order valence-electron chi connectivity index (χ4n) is 1.85. The average Bonchev–Trinajstić information content (AvgIpc) is 2.70. The summed E-state index contributed by atoms with van der Waals surface area (Å²) in [5, 5.41) is 17.9. The summed E-state index contributed by atoms with van der Waals surface area (Å²) in [5.41, 5.74) is 3.75. The van der Waals surface area contributed by atoms with Crippen LogP contribution in [-0.2, 0) is 7.05 Å². The highest BCUT2D eigenvalue weighted by atomic mass is 79.9. The highest BCUT2D eigenvalue weighted by Crippen LogP contribution is 2.28. The van der Waals surface area contributed by atoms with Crippen molar-refractivity contribution in [2.24, 2.45) is 7.05 Å². The minimum absolute atomic E-state index is 0.686. The van der Waals surface area contributed by atoms with Gasteiger partial charge in [0.1, 0.15) is 6.10 Å². The van der Waals surface area contributed by atoms with Crippen molar-refractivity contribution in [1.29, 1.82) is 0 Å². The zero-order chi connectivity index (χ0) is 12.6. The molecule has 0 radical (unpaired) electrons. The summed E-state index contributed by atoms with van der Waals surface area (Å²) < 4.78 is 2.66. The van der Waals surface area contributed by atoms with Gasteiger partial charge in [0.2, 0.25) is 0 Å². The Morgan fingerprint density at radius 1 is 1.29 bits per heavy atom. The van der Waals surface area contributed by atoms with Gasteiger partial charge in [-0.1, -0.05) is 33.3 Å². The molecule has 0 spiro atoms. The second-order valence-electron chi connectivity index (χ2n) is 4.15. The first-order valence-electron chi connectivity index (χ1n) is 5.30. The highest BCUT2D eigenvalue weighted by Gasteiger charge is 2.16. The number of aliphatic hydroxyl groups is 1. The molecule has 4 nitrogen and oxygen atoms in total. The number of aromatic nitrogens is 3. The van der Waals surface area contributed by atoms with E-state index in [1.165, 1.54) is 0 Å². The minimum atomic E-state index is -0.694. The van der Waals surface area contributed by atoms with E-state index in [1.54, 1.807) is 17.9 Å². The van der Waals surface area contributed by atoms with Gasteiger partial charge in [0, 0.05) is 11.5 Å². The molecule has 17 heavy (non-hydrogen) atoms. The molecule has 0 aliphatic heterocycles. The molecule has 0 bridgehead atoms. The summed E-state index contributed by atoms with van der Waals surface area (Å²) in [7, 11) is 1.77. The fraction of sp³-hybridized carbons (Fsp3) is 0.333. The fourth-order valence-corrected chi connectivity index (χ4v) is 2.08. The Balaban J connectivity index is 2.45. The Hall–Kier alpha value is -1.20. The Labute approximate surface area is 108 Å². The second-order valence-corrected chi connectivity index (χ2v) is 4.95. The molecule has 1 aromatic carbocycles. The molecule has 2 rings (SSSR count). The minimum Gasteiger partial charge on any atom is -0.382 e. The van der Waals surface area contributed by atoms with Gasteiger partial charge in [-0.25, -0.2) is 4.68 Å². The Morgan fingerprint density at radius 3 is 2.35 bits per heavy atom. The van der Waals surface area contributed by atoms with Gasteiger partial charge in [0.05, 0.1) is 11.9 Å². The predicted octanol–water partition coefficient (Wildman–Crippen LogP) is 2.28. The number of benzene rings is 1. The first-order chi connectivity index (χ1) is 8.00. The molecule has 5 heteroatoms. The predicted molar refractivity (Wildman–Crippen MR) is 68.7 cm³/mol. The van der Waals surface area contributed by atoms with Crippen molar-refractivity contribution in [1.82, 2.24) is 15.0 Å². The molecule has 1 aromatic heterocycles. The molecule has 0 amide bonds. The molecule has 1 N–H and O–H groups in total. The van der Waals surface area contributed by atoms with E-state index in [2.05, 4.69) is 26.2 Å². The Bertz CT molecular complexity index is 527. The van der Waals surface area contributed by atoms with Crippen molar-refractivity contribution in [3.05, 3.63) is 45.2 Å². The van der Waals surface area contributed by atoms with Crippen LogP contribution < -0.4 is 0 Å². The van der Waals surface area contributed by atoms with Crippen LogP contribution in [0.2, 0.25) is 0 Å². The number of aryl methyl sites for hydroxylation is 3. The van der Waals surface area contributed by atoms with Crippen molar-refractivity contribution in [3.63, 3.8) is 0 Å². The van der Waals surface area contributed by atoms with Crippen LogP contribution in [0.4, 0.5) is 0 Å². The topological polar surface area (TPSA) is 50.9 Å². The van der Waals surface area contributed by atoms with Gasteiger partial charge in [0.15, 0.2) is 0 Å². The summed E-state index contributed by atoms with van der Waals surface area (Å²) in [6.07, 6.45) is 0.887. The van der Waals surface area contributed by atoms with Gasteiger partial charge < -0.3 is 5.11 Å². The number of halogens is 1. The third kappa shape index (κ3) is 2.25. The number of rotatable bonds is 2. The van der Waals surface area contributed by atoms with Crippen molar-refractivity contribution in [3.8, 4) is 0 Å². The van der Waals surface area contributed by atoms with Crippen molar-refractivity contribution >= 4 is 15.9 Å². The summed E-state index contributed by atoms with van der Waals surface area (Å²) in [6.45, 7) is 4.02. The molecular formula is C12H14BrN3O. The van der Waals surface area contributed by atoms with E-state index in [0.717, 1.165) is 21.2 Å². The molecule has 1 atom stereocenters. The second kappa shape index (κ2) is 4.58. The lowest BCUT2D eigenvalue weighted by Gasteiger charge is -2.13. The number of aliphatic hydroxyl groups excluding tert-OH is 1. The lowest BCUT2D eigenvalue weighted by atomic mass is 10.0. The standard InChI is InChI=1S/C12H14BrN3O/c1-7-4-9(5-8(2)11(7)13)12(17)10-6-14-15-16(10)3/h4-6,12,17H,1-3H3. The van der Waals surface area contributed by atoms with E-state index >= 15 is 0 Å². The van der Waals surface area contributed by atoms with Crippen LogP contribution >= 0.6 is 15.9 Å². The molecule has 0 aliphatic carbocycles. The summed E-state index contributed by atoms with van der Waals surface area (Å²) in [6, 6.07) is 3.93. The molecule has 90 valence electrons.